The predicted octanol–water partition coefficient (Wildman–Crippen LogP) is 0.537. The van der Waals surface area contributed by atoms with Gasteiger partial charge in [0.1, 0.15) is 11.6 Å². The van der Waals surface area contributed by atoms with Crippen molar-refractivity contribution in [2.45, 2.75) is 19.9 Å². The smallest absolute Gasteiger partial charge is 0.360 e. The van der Waals surface area contributed by atoms with Crippen molar-refractivity contribution in [3.63, 3.8) is 0 Å². The highest BCUT2D eigenvalue weighted by Gasteiger charge is 2.19. The molecule has 102 valence electrons. The van der Waals surface area contributed by atoms with Gasteiger partial charge in [-0.15, -0.1) is 0 Å². The van der Waals surface area contributed by atoms with E-state index in [1.807, 2.05) is 24.7 Å². The van der Waals surface area contributed by atoms with Crippen LogP contribution in [0.5, 0.6) is 0 Å². The first-order valence-corrected chi connectivity index (χ1v) is 5.92. The van der Waals surface area contributed by atoms with Gasteiger partial charge < -0.3 is 15.0 Å². The third kappa shape index (κ3) is 2.44. The van der Waals surface area contributed by atoms with Crippen molar-refractivity contribution in [2.75, 3.05) is 12.8 Å². The summed E-state index contributed by atoms with van der Waals surface area (Å²) in [4.78, 5) is 15.6. The number of rotatable bonds is 4. The number of ether oxygens (including phenoxy) is 1. The number of esters is 1. The first-order chi connectivity index (χ1) is 9.04. The predicted molar refractivity (Wildman–Crippen MR) is 69.6 cm³/mol. The fraction of sp³-hybridized carbons (Fsp3) is 0.417. The van der Waals surface area contributed by atoms with Gasteiger partial charge in [-0.05, 0) is 13.0 Å². The molecule has 0 aliphatic carbocycles. The molecule has 0 saturated heterocycles. The number of nitrogens with two attached hydrogens (primary N) is 1. The number of imidazole rings is 1. The van der Waals surface area contributed by atoms with Crippen molar-refractivity contribution in [3.05, 3.63) is 29.5 Å². The third-order valence-corrected chi connectivity index (χ3v) is 3.09. The molecule has 0 atom stereocenters. The summed E-state index contributed by atoms with van der Waals surface area (Å²) in [5.74, 6) is 0.520. The number of carbonyl (C=O) groups excluding carboxylic acids is 1. The highest BCUT2D eigenvalue weighted by atomic mass is 16.5. The molecule has 2 rings (SSSR count). The van der Waals surface area contributed by atoms with Crippen LogP contribution in [-0.4, -0.2) is 32.4 Å². The molecule has 0 aliphatic rings. The molecule has 0 aromatic carbocycles. The molecule has 2 aromatic heterocycles. The van der Waals surface area contributed by atoms with Crippen LogP contribution in [0.25, 0.3) is 0 Å². The minimum absolute atomic E-state index is 0.171. The summed E-state index contributed by atoms with van der Waals surface area (Å²) in [6.45, 7) is 2.45. The SMILES string of the molecule is COC(=O)c1nc(C)n(CCc2ccnn2C)c1N. The lowest BCUT2D eigenvalue weighted by molar-refractivity contribution is 0.0595. The van der Waals surface area contributed by atoms with Gasteiger partial charge >= 0.3 is 5.97 Å². The van der Waals surface area contributed by atoms with Gasteiger partial charge in [0.2, 0.25) is 0 Å². The molecule has 2 N–H and O–H groups in total. The number of nitrogen functional groups attached to an aromatic ring is 1. The Balaban J connectivity index is 2.19. The second-order valence-corrected chi connectivity index (χ2v) is 4.23. The fourth-order valence-electron chi connectivity index (χ4n) is 1.98. The van der Waals surface area contributed by atoms with Gasteiger partial charge in [-0.2, -0.15) is 5.10 Å². The molecule has 0 spiro atoms. The van der Waals surface area contributed by atoms with Crippen LogP contribution in [-0.2, 0) is 24.8 Å². The molecule has 0 saturated carbocycles. The number of hydrogen-bond donors (Lipinski definition) is 1. The van der Waals surface area contributed by atoms with Crippen LogP contribution < -0.4 is 5.73 Å². The van der Waals surface area contributed by atoms with Crippen LogP contribution in [0.4, 0.5) is 5.82 Å². The second-order valence-electron chi connectivity index (χ2n) is 4.23. The van der Waals surface area contributed by atoms with E-state index in [2.05, 4.69) is 14.8 Å². The number of nitrogens with zero attached hydrogens (tertiary/aromatic N) is 4. The third-order valence-electron chi connectivity index (χ3n) is 3.09. The van der Waals surface area contributed by atoms with Crippen LogP contribution in [0.3, 0.4) is 0 Å². The second kappa shape index (κ2) is 5.13. The van der Waals surface area contributed by atoms with Crippen molar-refractivity contribution < 1.29 is 9.53 Å². The standard InChI is InChI=1S/C12H17N5O2/c1-8-15-10(12(18)19-3)11(13)17(8)7-5-9-4-6-14-16(9)2/h4,6H,5,7,13H2,1-3H3. The molecule has 7 nitrogen and oxygen atoms in total. The van der Waals surface area contributed by atoms with Crippen LogP contribution in [0, 0.1) is 6.92 Å². The Morgan fingerprint density at radius 2 is 2.26 bits per heavy atom. The van der Waals surface area contributed by atoms with Crippen molar-refractivity contribution in [2.24, 2.45) is 7.05 Å². The van der Waals surface area contributed by atoms with Gasteiger partial charge in [-0.1, -0.05) is 0 Å². The molecular formula is C12H17N5O2. The molecule has 0 bridgehead atoms. The van der Waals surface area contributed by atoms with E-state index in [0.29, 0.717) is 18.2 Å². The monoisotopic (exact) mass is 263 g/mol. The zero-order valence-electron chi connectivity index (χ0n) is 11.3. The molecule has 0 fully saturated rings. The van der Waals surface area contributed by atoms with E-state index in [1.54, 1.807) is 10.8 Å². The Hall–Kier alpha value is -2.31. The number of aromatic nitrogens is 4. The van der Waals surface area contributed by atoms with E-state index in [1.165, 1.54) is 7.11 Å². The van der Waals surface area contributed by atoms with Gasteiger partial charge in [0.05, 0.1) is 7.11 Å². The molecule has 0 radical (unpaired) electrons. The quantitative estimate of drug-likeness (QED) is 0.813. The molecule has 0 amide bonds. The van der Waals surface area contributed by atoms with E-state index >= 15 is 0 Å². The Morgan fingerprint density at radius 3 is 2.84 bits per heavy atom. The first-order valence-electron chi connectivity index (χ1n) is 5.92. The summed E-state index contributed by atoms with van der Waals surface area (Å²) in [5.41, 5.74) is 7.20. The van der Waals surface area contributed by atoms with Crippen molar-refractivity contribution in [1.29, 1.82) is 0 Å². The minimum atomic E-state index is -0.514. The molecule has 2 aromatic rings. The summed E-state index contributed by atoms with van der Waals surface area (Å²) >= 11 is 0. The fourth-order valence-corrected chi connectivity index (χ4v) is 1.98. The number of carbonyl (C=O) groups is 1. The first kappa shape index (κ1) is 13.1. The maximum absolute atomic E-state index is 11.5. The van der Waals surface area contributed by atoms with Gasteiger partial charge in [-0.25, -0.2) is 9.78 Å². The summed E-state index contributed by atoms with van der Waals surface area (Å²) in [6, 6.07) is 1.95. The lowest BCUT2D eigenvalue weighted by Gasteiger charge is -2.07. The van der Waals surface area contributed by atoms with E-state index in [9.17, 15) is 4.79 Å². The van der Waals surface area contributed by atoms with Crippen molar-refractivity contribution in [3.8, 4) is 0 Å². The Kier molecular flexibility index (Phi) is 3.55. The topological polar surface area (TPSA) is 88.0 Å². The molecule has 7 heteroatoms. The minimum Gasteiger partial charge on any atom is -0.464 e. The number of methoxy groups -OCH3 is 1. The number of aryl methyl sites for hydroxylation is 3. The van der Waals surface area contributed by atoms with Gasteiger partial charge in [0.15, 0.2) is 5.69 Å². The molecular weight excluding hydrogens is 246 g/mol. The Morgan fingerprint density at radius 1 is 1.53 bits per heavy atom. The summed E-state index contributed by atoms with van der Waals surface area (Å²) in [5, 5.41) is 4.11. The van der Waals surface area contributed by atoms with Crippen LogP contribution in [0.15, 0.2) is 12.3 Å². The zero-order valence-corrected chi connectivity index (χ0v) is 11.3. The maximum Gasteiger partial charge on any atom is 0.360 e. The average Bonchev–Trinajstić information content (AvgIpc) is 2.91. The molecule has 0 unspecified atom stereocenters. The van der Waals surface area contributed by atoms with E-state index in [4.69, 9.17) is 5.73 Å². The lowest BCUT2D eigenvalue weighted by atomic mass is 10.3. The lowest BCUT2D eigenvalue weighted by Crippen LogP contribution is -2.11. The van der Waals surface area contributed by atoms with E-state index in [-0.39, 0.29) is 5.69 Å². The number of anilines is 1. The van der Waals surface area contributed by atoms with Crippen molar-refractivity contribution in [1.82, 2.24) is 19.3 Å². The van der Waals surface area contributed by atoms with E-state index < -0.39 is 5.97 Å². The van der Waals surface area contributed by atoms with Crippen molar-refractivity contribution >= 4 is 11.8 Å². The zero-order chi connectivity index (χ0) is 14.0. The highest BCUT2D eigenvalue weighted by Crippen LogP contribution is 2.16. The largest absolute Gasteiger partial charge is 0.464 e. The normalized spacial score (nSPS) is 10.7. The van der Waals surface area contributed by atoms with Crippen LogP contribution >= 0.6 is 0 Å². The summed E-state index contributed by atoms with van der Waals surface area (Å²) in [7, 11) is 3.20. The van der Waals surface area contributed by atoms with Gasteiger partial charge in [-0.3, -0.25) is 4.68 Å². The molecule has 0 aliphatic heterocycles. The van der Waals surface area contributed by atoms with Crippen LogP contribution in [0.2, 0.25) is 0 Å². The number of hydrogen-bond acceptors (Lipinski definition) is 5. The Bertz CT molecular complexity index is 599. The molecule has 2 heterocycles. The van der Waals surface area contributed by atoms with Gasteiger partial charge in [0.25, 0.3) is 0 Å². The van der Waals surface area contributed by atoms with Crippen LogP contribution in [0.1, 0.15) is 22.0 Å². The van der Waals surface area contributed by atoms with E-state index in [0.717, 1.165) is 12.1 Å². The summed E-state index contributed by atoms with van der Waals surface area (Å²) < 4.78 is 8.26. The molecule has 19 heavy (non-hydrogen) atoms. The highest BCUT2D eigenvalue weighted by molar-refractivity contribution is 5.92. The summed E-state index contributed by atoms with van der Waals surface area (Å²) in [6.07, 6.45) is 2.51. The maximum atomic E-state index is 11.5. The average molecular weight is 263 g/mol. The Labute approximate surface area is 111 Å². The van der Waals surface area contributed by atoms with Gasteiger partial charge in [0, 0.05) is 31.9 Å².